The molecule has 0 atom stereocenters. The molecule has 1 amide bonds. The molecular weight excluding hydrogens is 339 g/mol. The molecule has 26 heavy (non-hydrogen) atoms. The zero-order valence-corrected chi connectivity index (χ0v) is 14.6. The Morgan fingerprint density at radius 3 is 2.69 bits per heavy atom. The minimum atomic E-state index is -0.550. The Bertz CT molecular complexity index is 836. The first-order chi connectivity index (χ1) is 12.5. The Balaban J connectivity index is 1.94. The van der Waals surface area contributed by atoms with Gasteiger partial charge in [0.05, 0.1) is 25.5 Å². The lowest BCUT2D eigenvalue weighted by Crippen LogP contribution is -2.38. The van der Waals surface area contributed by atoms with E-state index in [0.29, 0.717) is 36.4 Å². The SMILES string of the molecule is CCOC(=O)c1ncc(OC)c2c1CCN(Cc1ccc(F)cc1)C2=O. The predicted molar refractivity (Wildman–Crippen MR) is 91.6 cm³/mol. The van der Waals surface area contributed by atoms with Crippen molar-refractivity contribution in [2.75, 3.05) is 20.3 Å². The van der Waals surface area contributed by atoms with E-state index in [4.69, 9.17) is 9.47 Å². The van der Waals surface area contributed by atoms with E-state index in [9.17, 15) is 14.0 Å². The number of benzene rings is 1. The van der Waals surface area contributed by atoms with Crippen molar-refractivity contribution in [2.45, 2.75) is 19.9 Å². The molecule has 3 rings (SSSR count). The van der Waals surface area contributed by atoms with Crippen molar-refractivity contribution in [2.24, 2.45) is 0 Å². The second kappa shape index (κ2) is 7.51. The summed E-state index contributed by atoms with van der Waals surface area (Å²) < 4.78 is 23.4. The Morgan fingerprint density at radius 1 is 1.31 bits per heavy atom. The van der Waals surface area contributed by atoms with Gasteiger partial charge in [-0.15, -0.1) is 0 Å². The lowest BCUT2D eigenvalue weighted by molar-refractivity contribution is 0.0517. The monoisotopic (exact) mass is 358 g/mol. The van der Waals surface area contributed by atoms with Crippen LogP contribution in [0.5, 0.6) is 5.75 Å². The fourth-order valence-electron chi connectivity index (χ4n) is 3.01. The van der Waals surface area contributed by atoms with E-state index in [2.05, 4.69) is 4.98 Å². The van der Waals surface area contributed by atoms with Crippen LogP contribution in [-0.2, 0) is 17.7 Å². The lowest BCUT2D eigenvalue weighted by atomic mass is 9.96. The molecule has 0 unspecified atom stereocenters. The molecule has 1 aromatic carbocycles. The number of esters is 1. The zero-order valence-electron chi connectivity index (χ0n) is 14.6. The number of aromatic nitrogens is 1. The number of nitrogens with zero attached hydrogens (tertiary/aromatic N) is 2. The summed E-state index contributed by atoms with van der Waals surface area (Å²) in [5, 5.41) is 0. The Kier molecular flexibility index (Phi) is 5.16. The van der Waals surface area contributed by atoms with E-state index in [-0.39, 0.29) is 24.0 Å². The van der Waals surface area contributed by atoms with Gasteiger partial charge in [-0.1, -0.05) is 12.1 Å². The van der Waals surface area contributed by atoms with Crippen molar-refractivity contribution in [3.05, 3.63) is 58.7 Å². The molecule has 7 heteroatoms. The van der Waals surface area contributed by atoms with Gasteiger partial charge in [-0.3, -0.25) is 4.79 Å². The van der Waals surface area contributed by atoms with E-state index < -0.39 is 5.97 Å². The summed E-state index contributed by atoms with van der Waals surface area (Å²) >= 11 is 0. The number of ether oxygens (including phenoxy) is 2. The van der Waals surface area contributed by atoms with Crippen LogP contribution in [0.15, 0.2) is 30.5 Å². The van der Waals surface area contributed by atoms with Gasteiger partial charge in [0.25, 0.3) is 5.91 Å². The van der Waals surface area contributed by atoms with E-state index in [1.807, 2.05) is 0 Å². The van der Waals surface area contributed by atoms with Gasteiger partial charge in [0.15, 0.2) is 5.69 Å². The van der Waals surface area contributed by atoms with Crippen LogP contribution in [-0.4, -0.2) is 42.0 Å². The molecule has 0 saturated carbocycles. The average Bonchev–Trinajstić information content (AvgIpc) is 2.65. The second-order valence-electron chi connectivity index (χ2n) is 5.85. The maximum absolute atomic E-state index is 13.1. The first kappa shape index (κ1) is 17.8. The number of fused-ring (bicyclic) bond motifs is 1. The van der Waals surface area contributed by atoms with Gasteiger partial charge >= 0.3 is 5.97 Å². The standard InChI is InChI=1S/C19H19FN2O4/c1-3-26-19(24)17-14-8-9-22(11-12-4-6-13(20)7-5-12)18(23)16(14)15(25-2)10-21-17/h4-7,10H,3,8-9,11H2,1-2H3. The van der Waals surface area contributed by atoms with E-state index in [1.165, 1.54) is 25.4 Å². The molecule has 6 nitrogen and oxygen atoms in total. The van der Waals surface area contributed by atoms with Gasteiger partial charge < -0.3 is 14.4 Å². The third-order valence-electron chi connectivity index (χ3n) is 4.25. The third kappa shape index (κ3) is 3.37. The molecule has 0 aliphatic carbocycles. The highest BCUT2D eigenvalue weighted by Gasteiger charge is 2.32. The fourth-order valence-corrected chi connectivity index (χ4v) is 3.01. The summed E-state index contributed by atoms with van der Waals surface area (Å²) in [6.07, 6.45) is 1.82. The molecular formula is C19H19FN2O4. The number of amides is 1. The number of rotatable bonds is 5. The number of carbonyl (C=O) groups excluding carboxylic acids is 2. The van der Waals surface area contributed by atoms with Gasteiger partial charge in [0, 0.05) is 18.7 Å². The second-order valence-corrected chi connectivity index (χ2v) is 5.85. The van der Waals surface area contributed by atoms with Crippen molar-refractivity contribution in [1.29, 1.82) is 0 Å². The number of hydrogen-bond donors (Lipinski definition) is 0. The summed E-state index contributed by atoms with van der Waals surface area (Å²) in [5.74, 6) is -0.802. The number of carbonyl (C=O) groups is 2. The Hall–Kier alpha value is -2.96. The van der Waals surface area contributed by atoms with Gasteiger partial charge in [-0.25, -0.2) is 14.2 Å². The highest BCUT2D eigenvalue weighted by atomic mass is 19.1. The van der Waals surface area contributed by atoms with E-state index in [0.717, 1.165) is 5.56 Å². The Morgan fingerprint density at radius 2 is 2.04 bits per heavy atom. The molecule has 136 valence electrons. The van der Waals surface area contributed by atoms with Crippen molar-refractivity contribution >= 4 is 11.9 Å². The first-order valence-electron chi connectivity index (χ1n) is 8.31. The molecule has 0 spiro atoms. The van der Waals surface area contributed by atoms with Crippen LogP contribution in [0.4, 0.5) is 4.39 Å². The lowest BCUT2D eigenvalue weighted by Gasteiger charge is -2.30. The quantitative estimate of drug-likeness (QED) is 0.769. The molecule has 0 saturated heterocycles. The molecule has 0 fully saturated rings. The predicted octanol–water partition coefficient (Wildman–Crippen LogP) is 2.60. The molecule has 0 radical (unpaired) electrons. The van der Waals surface area contributed by atoms with Gasteiger partial charge in [-0.2, -0.15) is 0 Å². The normalized spacial score (nSPS) is 13.3. The summed E-state index contributed by atoms with van der Waals surface area (Å²) in [7, 11) is 1.45. The largest absolute Gasteiger partial charge is 0.494 e. The van der Waals surface area contributed by atoms with Gasteiger partial charge in [0.2, 0.25) is 0 Å². The van der Waals surface area contributed by atoms with Crippen molar-refractivity contribution in [3.63, 3.8) is 0 Å². The highest BCUT2D eigenvalue weighted by Crippen LogP contribution is 2.30. The molecule has 1 aliphatic heterocycles. The van der Waals surface area contributed by atoms with Gasteiger partial charge in [0.1, 0.15) is 11.6 Å². The fraction of sp³-hybridized carbons (Fsp3) is 0.316. The minimum absolute atomic E-state index is 0.150. The van der Waals surface area contributed by atoms with Gasteiger partial charge in [-0.05, 0) is 31.0 Å². The zero-order chi connectivity index (χ0) is 18.7. The number of methoxy groups -OCH3 is 1. The maximum Gasteiger partial charge on any atom is 0.357 e. The van der Waals surface area contributed by atoms with Crippen molar-refractivity contribution in [3.8, 4) is 5.75 Å². The molecule has 2 heterocycles. The third-order valence-corrected chi connectivity index (χ3v) is 4.25. The van der Waals surface area contributed by atoms with Crippen LogP contribution < -0.4 is 4.74 Å². The smallest absolute Gasteiger partial charge is 0.357 e. The molecule has 1 aromatic heterocycles. The summed E-state index contributed by atoms with van der Waals surface area (Å²) in [6, 6.07) is 6.01. The topological polar surface area (TPSA) is 68.7 Å². The van der Waals surface area contributed by atoms with Crippen LogP contribution in [0.3, 0.4) is 0 Å². The first-order valence-corrected chi connectivity index (χ1v) is 8.31. The minimum Gasteiger partial charge on any atom is -0.494 e. The molecule has 2 aromatic rings. The van der Waals surface area contributed by atoms with Crippen LogP contribution in [0.1, 0.15) is 38.9 Å². The Labute approximate surface area is 150 Å². The van der Waals surface area contributed by atoms with Crippen molar-refractivity contribution in [1.82, 2.24) is 9.88 Å². The summed E-state index contributed by atoms with van der Waals surface area (Å²) in [6.45, 7) is 2.71. The van der Waals surface area contributed by atoms with E-state index in [1.54, 1.807) is 24.0 Å². The average molecular weight is 358 g/mol. The number of hydrogen-bond acceptors (Lipinski definition) is 5. The number of halogens is 1. The summed E-state index contributed by atoms with van der Waals surface area (Å²) in [5.41, 5.74) is 1.85. The van der Waals surface area contributed by atoms with Crippen LogP contribution in [0, 0.1) is 5.82 Å². The molecule has 1 aliphatic rings. The van der Waals surface area contributed by atoms with E-state index >= 15 is 0 Å². The highest BCUT2D eigenvalue weighted by molar-refractivity contribution is 6.02. The number of pyridine rings is 1. The maximum atomic E-state index is 13.1. The molecule has 0 N–H and O–H groups in total. The van der Waals surface area contributed by atoms with Crippen molar-refractivity contribution < 1.29 is 23.5 Å². The van der Waals surface area contributed by atoms with Crippen LogP contribution in [0.25, 0.3) is 0 Å². The molecule has 0 bridgehead atoms. The van der Waals surface area contributed by atoms with Crippen LogP contribution in [0.2, 0.25) is 0 Å². The summed E-state index contributed by atoms with van der Waals surface area (Å²) in [4.78, 5) is 30.9. The van der Waals surface area contributed by atoms with Crippen LogP contribution >= 0.6 is 0 Å².